The van der Waals surface area contributed by atoms with Crippen molar-refractivity contribution in [3.63, 3.8) is 0 Å². The molecule has 0 saturated heterocycles. The molecule has 0 spiro atoms. The molecule has 2 N–H and O–H groups in total. The van der Waals surface area contributed by atoms with Gasteiger partial charge in [-0.05, 0) is 44.9 Å². The van der Waals surface area contributed by atoms with Crippen LogP contribution in [0.5, 0.6) is 0 Å². The van der Waals surface area contributed by atoms with Gasteiger partial charge in [0.25, 0.3) is 5.71 Å². The van der Waals surface area contributed by atoms with Crippen molar-refractivity contribution < 1.29 is 4.52 Å². The Hall–Kier alpha value is -2.96. The number of anilines is 1. The van der Waals surface area contributed by atoms with E-state index in [1.165, 1.54) is 5.56 Å². The second kappa shape index (κ2) is 5.84. The van der Waals surface area contributed by atoms with Gasteiger partial charge < -0.3 is 14.8 Å². The molecule has 0 fully saturated rings. The zero-order valence-corrected chi connectivity index (χ0v) is 14.7. The minimum atomic E-state index is -0.000457. The van der Waals surface area contributed by atoms with Crippen LogP contribution in [0.25, 0.3) is 22.1 Å². The third-order valence-corrected chi connectivity index (χ3v) is 4.32. The second-order valence-corrected chi connectivity index (χ2v) is 6.32. The van der Waals surface area contributed by atoms with Crippen molar-refractivity contribution in [3.05, 3.63) is 41.1 Å². The van der Waals surface area contributed by atoms with E-state index in [0.29, 0.717) is 11.5 Å². The first-order valence-corrected chi connectivity index (χ1v) is 8.38. The molecular formula is C18H20N6O. The molecule has 0 aliphatic rings. The number of H-pyrrole nitrogens is 1. The average molecular weight is 336 g/mol. The first-order chi connectivity index (χ1) is 12.0. The molecule has 25 heavy (non-hydrogen) atoms. The highest BCUT2D eigenvalue weighted by Crippen LogP contribution is 2.28. The molecule has 0 saturated carbocycles. The Bertz CT molecular complexity index is 1060. The lowest BCUT2D eigenvalue weighted by molar-refractivity contribution is 0.442. The summed E-state index contributed by atoms with van der Waals surface area (Å²) in [4.78, 5) is 17.0. The molecule has 0 radical (unpaired) electrons. The number of hydrogen-bond donors (Lipinski definition) is 2. The van der Waals surface area contributed by atoms with Crippen LogP contribution >= 0.6 is 0 Å². The molecule has 4 aromatic rings. The lowest BCUT2D eigenvalue weighted by Gasteiger charge is -2.16. The van der Waals surface area contributed by atoms with Gasteiger partial charge in [0.2, 0.25) is 0 Å². The maximum atomic E-state index is 5.29. The SMILES string of the molecule is CC[C@H](Nc1nc(C)nc2onc(C)c12)c1nc2ccc(C)cc2[nH]1. The predicted octanol–water partition coefficient (Wildman–Crippen LogP) is 3.98. The fraction of sp³-hybridized carbons (Fsp3) is 0.333. The van der Waals surface area contributed by atoms with Gasteiger partial charge in [0, 0.05) is 0 Å². The minimum Gasteiger partial charge on any atom is -0.359 e. The first kappa shape index (κ1) is 15.6. The molecule has 128 valence electrons. The molecule has 3 heterocycles. The summed E-state index contributed by atoms with van der Waals surface area (Å²) in [5.41, 5.74) is 4.48. The normalized spacial score (nSPS) is 12.8. The molecule has 4 rings (SSSR count). The highest BCUT2D eigenvalue weighted by molar-refractivity contribution is 5.87. The highest BCUT2D eigenvalue weighted by Gasteiger charge is 2.19. The molecule has 0 aliphatic carbocycles. The van der Waals surface area contributed by atoms with Gasteiger partial charge in [-0.2, -0.15) is 4.98 Å². The van der Waals surface area contributed by atoms with Gasteiger partial charge in [-0.15, -0.1) is 0 Å². The van der Waals surface area contributed by atoms with E-state index in [2.05, 4.69) is 51.4 Å². The third-order valence-electron chi connectivity index (χ3n) is 4.32. The lowest BCUT2D eigenvalue weighted by atomic mass is 10.2. The van der Waals surface area contributed by atoms with Gasteiger partial charge in [-0.3, -0.25) is 0 Å². The van der Waals surface area contributed by atoms with Gasteiger partial charge in [-0.1, -0.05) is 18.1 Å². The monoisotopic (exact) mass is 336 g/mol. The topological polar surface area (TPSA) is 92.5 Å². The van der Waals surface area contributed by atoms with Crippen LogP contribution in [0.4, 0.5) is 5.82 Å². The summed E-state index contributed by atoms with van der Waals surface area (Å²) >= 11 is 0. The summed E-state index contributed by atoms with van der Waals surface area (Å²) in [6.45, 7) is 7.92. The summed E-state index contributed by atoms with van der Waals surface area (Å²) in [6, 6.07) is 6.21. The molecular weight excluding hydrogens is 316 g/mol. The highest BCUT2D eigenvalue weighted by atomic mass is 16.5. The molecule has 3 aromatic heterocycles. The maximum absolute atomic E-state index is 5.29. The number of fused-ring (bicyclic) bond motifs is 2. The Morgan fingerprint density at radius 3 is 2.80 bits per heavy atom. The average Bonchev–Trinajstić information content (AvgIpc) is 3.15. The number of hydrogen-bond acceptors (Lipinski definition) is 6. The maximum Gasteiger partial charge on any atom is 0.263 e. The fourth-order valence-electron chi connectivity index (χ4n) is 3.04. The van der Waals surface area contributed by atoms with Gasteiger partial charge in [0.05, 0.1) is 22.8 Å². The van der Waals surface area contributed by atoms with Crippen LogP contribution in [-0.2, 0) is 0 Å². The second-order valence-electron chi connectivity index (χ2n) is 6.32. The van der Waals surface area contributed by atoms with E-state index in [9.17, 15) is 0 Å². The van der Waals surface area contributed by atoms with Crippen LogP contribution in [0.3, 0.4) is 0 Å². The minimum absolute atomic E-state index is 0.000457. The largest absolute Gasteiger partial charge is 0.359 e. The van der Waals surface area contributed by atoms with Crippen molar-refractivity contribution in [2.75, 3.05) is 5.32 Å². The van der Waals surface area contributed by atoms with Crippen molar-refractivity contribution in [1.29, 1.82) is 0 Å². The van der Waals surface area contributed by atoms with Gasteiger partial charge >= 0.3 is 0 Å². The van der Waals surface area contributed by atoms with Crippen molar-refractivity contribution in [1.82, 2.24) is 25.1 Å². The number of nitrogens with one attached hydrogen (secondary N) is 2. The smallest absolute Gasteiger partial charge is 0.263 e. The van der Waals surface area contributed by atoms with Crippen molar-refractivity contribution in [2.45, 2.75) is 40.2 Å². The number of benzene rings is 1. The summed E-state index contributed by atoms with van der Waals surface area (Å²) in [6.07, 6.45) is 0.855. The summed E-state index contributed by atoms with van der Waals surface area (Å²) in [7, 11) is 0. The van der Waals surface area contributed by atoms with Gasteiger partial charge in [0.1, 0.15) is 22.9 Å². The van der Waals surface area contributed by atoms with Crippen LogP contribution in [0, 0.1) is 20.8 Å². The van der Waals surface area contributed by atoms with Crippen LogP contribution in [0.2, 0.25) is 0 Å². The molecule has 0 unspecified atom stereocenters. The van der Waals surface area contributed by atoms with Crippen molar-refractivity contribution in [3.8, 4) is 0 Å². The van der Waals surface area contributed by atoms with Crippen molar-refractivity contribution in [2.24, 2.45) is 0 Å². The summed E-state index contributed by atoms with van der Waals surface area (Å²) in [5, 5.41) is 8.31. The van der Waals surface area contributed by atoms with Gasteiger partial charge in [-0.25, -0.2) is 9.97 Å². The Kier molecular flexibility index (Phi) is 3.63. The van der Waals surface area contributed by atoms with E-state index in [1.807, 2.05) is 19.9 Å². The Labute approximate surface area is 144 Å². The zero-order valence-electron chi connectivity index (χ0n) is 14.7. The number of aromatic amines is 1. The number of aromatic nitrogens is 5. The number of nitrogens with zero attached hydrogens (tertiary/aromatic N) is 4. The van der Waals surface area contributed by atoms with Crippen LogP contribution < -0.4 is 5.32 Å². The summed E-state index contributed by atoms with van der Waals surface area (Å²) in [5.74, 6) is 2.26. The van der Waals surface area contributed by atoms with E-state index >= 15 is 0 Å². The molecule has 7 heteroatoms. The lowest BCUT2D eigenvalue weighted by Crippen LogP contribution is -2.13. The Morgan fingerprint density at radius 2 is 2.00 bits per heavy atom. The summed E-state index contributed by atoms with van der Waals surface area (Å²) < 4.78 is 5.29. The predicted molar refractivity (Wildman–Crippen MR) is 96.6 cm³/mol. The van der Waals surface area contributed by atoms with Crippen molar-refractivity contribution >= 4 is 28.0 Å². The number of aryl methyl sites for hydroxylation is 3. The Balaban J connectivity index is 1.75. The molecule has 1 aromatic carbocycles. The van der Waals surface area contributed by atoms with Crippen LogP contribution in [0.1, 0.15) is 42.3 Å². The van der Waals surface area contributed by atoms with E-state index in [4.69, 9.17) is 9.51 Å². The van der Waals surface area contributed by atoms with Crippen LogP contribution in [0.15, 0.2) is 22.7 Å². The third kappa shape index (κ3) is 2.71. The molecule has 0 amide bonds. The van der Waals surface area contributed by atoms with Gasteiger partial charge in [0.15, 0.2) is 0 Å². The van der Waals surface area contributed by atoms with E-state index in [0.717, 1.165) is 40.2 Å². The van der Waals surface area contributed by atoms with E-state index in [1.54, 1.807) is 0 Å². The molecule has 0 bridgehead atoms. The molecule has 0 aliphatic heterocycles. The number of imidazole rings is 1. The first-order valence-electron chi connectivity index (χ1n) is 8.38. The van der Waals surface area contributed by atoms with Crippen LogP contribution in [-0.4, -0.2) is 25.1 Å². The molecule has 7 nitrogen and oxygen atoms in total. The standard InChI is InChI=1S/C18H20N6O/c1-5-12(16-22-13-7-6-9(2)8-14(13)23-16)21-17-15-10(3)24-25-18(15)20-11(4)19-17/h6-8,12H,5H2,1-4H3,(H,22,23)(H,19,20,21)/t12-/m0/s1. The van der Waals surface area contributed by atoms with E-state index < -0.39 is 0 Å². The van der Waals surface area contributed by atoms with E-state index in [-0.39, 0.29) is 6.04 Å². The quantitative estimate of drug-likeness (QED) is 0.585. The molecule has 1 atom stereocenters. The number of rotatable bonds is 4. The fourth-order valence-corrected chi connectivity index (χ4v) is 3.04. The Morgan fingerprint density at radius 1 is 1.16 bits per heavy atom. The zero-order chi connectivity index (χ0) is 17.6.